The summed E-state index contributed by atoms with van der Waals surface area (Å²) >= 11 is 1.70. The zero-order chi connectivity index (χ0) is 19.5. The van der Waals surface area contributed by atoms with Gasteiger partial charge in [-0.05, 0) is 37.4 Å². The van der Waals surface area contributed by atoms with Gasteiger partial charge in [-0.1, -0.05) is 6.07 Å². The van der Waals surface area contributed by atoms with Crippen molar-refractivity contribution in [3.63, 3.8) is 0 Å². The molecule has 1 fully saturated rings. The predicted molar refractivity (Wildman–Crippen MR) is 109 cm³/mol. The average Bonchev–Trinajstić information content (AvgIpc) is 3.19. The minimum atomic E-state index is 0.0627. The van der Waals surface area contributed by atoms with Crippen molar-refractivity contribution in [2.45, 2.75) is 32.6 Å². The van der Waals surface area contributed by atoms with Crippen LogP contribution >= 0.6 is 11.3 Å². The van der Waals surface area contributed by atoms with Crippen LogP contribution in [-0.4, -0.2) is 55.9 Å². The number of amides is 1. The molecule has 1 aromatic carbocycles. The summed E-state index contributed by atoms with van der Waals surface area (Å²) in [7, 11) is 0. The van der Waals surface area contributed by atoms with Gasteiger partial charge >= 0.3 is 0 Å². The maximum atomic E-state index is 13.1. The van der Waals surface area contributed by atoms with Crippen molar-refractivity contribution < 1.29 is 19.0 Å². The third kappa shape index (κ3) is 4.42. The largest absolute Gasteiger partial charge is 0.486 e. The lowest BCUT2D eigenvalue weighted by atomic mass is 10.2. The SMILES string of the molecule is CC1CN(C(=O)CN(Cc2cccs2)c2ccc3c(c2)OCCO3)CC(C)O1. The van der Waals surface area contributed by atoms with Crippen molar-refractivity contribution in [2.75, 3.05) is 37.7 Å². The standard InChI is InChI=1S/C21H26N2O4S/c1-15-11-23(12-16(2)27-15)21(24)14-22(13-18-4-3-9-28-18)17-5-6-19-20(10-17)26-8-7-25-19/h3-6,9-10,15-16H,7-8,11-14H2,1-2H3. The highest BCUT2D eigenvalue weighted by Gasteiger charge is 2.27. The molecule has 2 aliphatic rings. The van der Waals surface area contributed by atoms with Crippen molar-refractivity contribution in [1.82, 2.24) is 4.90 Å². The highest BCUT2D eigenvalue weighted by Crippen LogP contribution is 2.34. The Morgan fingerprint density at radius 3 is 2.61 bits per heavy atom. The molecule has 2 aliphatic heterocycles. The van der Waals surface area contributed by atoms with Gasteiger partial charge in [0.25, 0.3) is 0 Å². The van der Waals surface area contributed by atoms with Gasteiger partial charge in [-0.2, -0.15) is 0 Å². The maximum Gasteiger partial charge on any atom is 0.242 e. The smallest absolute Gasteiger partial charge is 0.242 e. The van der Waals surface area contributed by atoms with E-state index in [9.17, 15) is 4.79 Å². The first-order valence-corrected chi connectivity index (χ1v) is 10.6. The lowest BCUT2D eigenvalue weighted by molar-refractivity contribution is -0.141. The van der Waals surface area contributed by atoms with Crippen LogP contribution in [0.1, 0.15) is 18.7 Å². The Morgan fingerprint density at radius 2 is 1.89 bits per heavy atom. The fourth-order valence-electron chi connectivity index (χ4n) is 3.70. The van der Waals surface area contributed by atoms with Crippen LogP contribution < -0.4 is 14.4 Å². The second-order valence-electron chi connectivity index (χ2n) is 7.32. The van der Waals surface area contributed by atoms with E-state index in [-0.39, 0.29) is 18.1 Å². The molecule has 0 N–H and O–H groups in total. The normalized spacial score (nSPS) is 21.4. The molecule has 1 amide bonds. The van der Waals surface area contributed by atoms with Crippen LogP contribution in [0.2, 0.25) is 0 Å². The van der Waals surface area contributed by atoms with Gasteiger partial charge in [0.1, 0.15) is 13.2 Å². The third-order valence-electron chi connectivity index (χ3n) is 4.92. The van der Waals surface area contributed by atoms with Crippen molar-refractivity contribution in [1.29, 1.82) is 0 Å². The minimum absolute atomic E-state index is 0.0627. The molecule has 7 heteroatoms. The van der Waals surface area contributed by atoms with Crippen LogP contribution in [0.4, 0.5) is 5.69 Å². The van der Waals surface area contributed by atoms with Gasteiger partial charge in [0, 0.05) is 29.7 Å². The predicted octanol–water partition coefficient (Wildman–Crippen LogP) is 3.16. The first-order valence-electron chi connectivity index (χ1n) is 9.68. The van der Waals surface area contributed by atoms with E-state index in [1.165, 1.54) is 4.88 Å². The first-order chi connectivity index (χ1) is 13.6. The summed E-state index contributed by atoms with van der Waals surface area (Å²) in [4.78, 5) is 18.3. The molecule has 6 nitrogen and oxygen atoms in total. The van der Waals surface area contributed by atoms with Crippen LogP contribution in [-0.2, 0) is 16.1 Å². The molecule has 0 spiro atoms. The van der Waals surface area contributed by atoms with Gasteiger partial charge in [-0.3, -0.25) is 4.79 Å². The molecular weight excluding hydrogens is 376 g/mol. The van der Waals surface area contributed by atoms with Gasteiger partial charge in [0.05, 0.1) is 25.3 Å². The molecule has 150 valence electrons. The quantitative estimate of drug-likeness (QED) is 0.769. The topological polar surface area (TPSA) is 51.2 Å². The van der Waals surface area contributed by atoms with Crippen molar-refractivity contribution in [3.05, 3.63) is 40.6 Å². The molecule has 2 aromatic rings. The van der Waals surface area contributed by atoms with E-state index < -0.39 is 0 Å². The zero-order valence-electron chi connectivity index (χ0n) is 16.3. The Hall–Kier alpha value is -2.25. The first kappa shape index (κ1) is 19.1. The van der Waals surface area contributed by atoms with Crippen LogP contribution in [0.15, 0.2) is 35.7 Å². The van der Waals surface area contributed by atoms with E-state index in [4.69, 9.17) is 14.2 Å². The molecule has 2 atom stereocenters. The Bertz CT molecular complexity index is 801. The molecule has 3 heterocycles. The Morgan fingerprint density at radius 1 is 1.14 bits per heavy atom. The summed E-state index contributed by atoms with van der Waals surface area (Å²) in [6.45, 7) is 7.41. The average molecular weight is 403 g/mol. The number of hydrogen-bond acceptors (Lipinski definition) is 6. The number of thiophene rings is 1. The molecule has 0 bridgehead atoms. The zero-order valence-corrected chi connectivity index (χ0v) is 17.1. The number of nitrogens with zero attached hydrogens (tertiary/aromatic N) is 2. The molecule has 1 aromatic heterocycles. The lowest BCUT2D eigenvalue weighted by Gasteiger charge is -2.37. The van der Waals surface area contributed by atoms with Gasteiger partial charge in [-0.15, -0.1) is 11.3 Å². The molecule has 0 radical (unpaired) electrons. The van der Waals surface area contributed by atoms with Gasteiger partial charge in [0.2, 0.25) is 5.91 Å². The molecular formula is C21H26N2O4S. The Balaban J connectivity index is 1.54. The number of fused-ring (bicyclic) bond motifs is 1. The summed E-state index contributed by atoms with van der Waals surface area (Å²) in [6, 6.07) is 10.0. The maximum absolute atomic E-state index is 13.1. The number of carbonyl (C=O) groups excluding carboxylic acids is 1. The molecule has 1 saturated heterocycles. The molecule has 0 saturated carbocycles. The summed E-state index contributed by atoms with van der Waals surface area (Å²) in [5.74, 6) is 1.61. The van der Waals surface area contributed by atoms with Gasteiger partial charge < -0.3 is 24.0 Å². The highest BCUT2D eigenvalue weighted by molar-refractivity contribution is 7.09. The third-order valence-corrected chi connectivity index (χ3v) is 5.78. The van der Waals surface area contributed by atoms with Crippen molar-refractivity contribution in [2.24, 2.45) is 0 Å². The van der Waals surface area contributed by atoms with Crippen LogP contribution in [0.3, 0.4) is 0 Å². The fraction of sp³-hybridized carbons (Fsp3) is 0.476. The van der Waals surface area contributed by atoms with Gasteiger partial charge in [0.15, 0.2) is 11.5 Å². The number of carbonyl (C=O) groups is 1. The van der Waals surface area contributed by atoms with E-state index in [1.807, 2.05) is 43.0 Å². The van der Waals surface area contributed by atoms with E-state index in [0.717, 1.165) is 17.2 Å². The summed E-state index contributed by atoms with van der Waals surface area (Å²) in [6.07, 6.45) is 0.125. The van der Waals surface area contributed by atoms with Gasteiger partial charge in [-0.25, -0.2) is 0 Å². The second-order valence-corrected chi connectivity index (χ2v) is 8.35. The summed E-state index contributed by atoms with van der Waals surface area (Å²) in [5.41, 5.74) is 0.959. The number of benzene rings is 1. The molecule has 0 aliphatic carbocycles. The van der Waals surface area contributed by atoms with E-state index in [0.29, 0.717) is 39.4 Å². The van der Waals surface area contributed by atoms with E-state index in [2.05, 4.69) is 16.3 Å². The number of morpholine rings is 1. The molecule has 2 unspecified atom stereocenters. The van der Waals surface area contributed by atoms with Crippen LogP contribution in [0.5, 0.6) is 11.5 Å². The summed E-state index contributed by atoms with van der Waals surface area (Å²) in [5, 5.41) is 2.06. The molecule has 28 heavy (non-hydrogen) atoms. The van der Waals surface area contributed by atoms with E-state index >= 15 is 0 Å². The summed E-state index contributed by atoms with van der Waals surface area (Å²) < 4.78 is 17.1. The van der Waals surface area contributed by atoms with Crippen LogP contribution in [0, 0.1) is 0 Å². The molecule has 4 rings (SSSR count). The van der Waals surface area contributed by atoms with Crippen LogP contribution in [0.25, 0.3) is 0 Å². The van der Waals surface area contributed by atoms with E-state index in [1.54, 1.807) is 11.3 Å². The lowest BCUT2D eigenvalue weighted by Crippen LogP contribution is -2.51. The van der Waals surface area contributed by atoms with Crippen molar-refractivity contribution >= 4 is 22.9 Å². The Labute approximate surface area is 169 Å². The number of rotatable bonds is 5. The fourth-order valence-corrected chi connectivity index (χ4v) is 4.42. The monoisotopic (exact) mass is 402 g/mol. The number of anilines is 1. The number of hydrogen-bond donors (Lipinski definition) is 0. The van der Waals surface area contributed by atoms with Crippen molar-refractivity contribution in [3.8, 4) is 11.5 Å². The number of ether oxygens (including phenoxy) is 3. The second kappa shape index (κ2) is 8.41. The highest BCUT2D eigenvalue weighted by atomic mass is 32.1. The Kier molecular flexibility index (Phi) is 5.73. The minimum Gasteiger partial charge on any atom is -0.486 e.